The Morgan fingerprint density at radius 3 is 1.64 bits per heavy atom. The van der Waals surface area contributed by atoms with Gasteiger partial charge in [-0.05, 0) is 0 Å². The Morgan fingerprint density at radius 1 is 0.786 bits per heavy atom. The van der Waals surface area contributed by atoms with Gasteiger partial charge in [-0.25, -0.2) is 0 Å². The molecule has 0 saturated heterocycles. The maximum Gasteiger partial charge on any atom is -1.00 e. The first-order chi connectivity index (χ1) is 12.4. The molecule has 1 atom stereocenters. The molecule has 0 aliphatic heterocycles. The molecular weight excluding hydrogens is 437 g/mol. The van der Waals surface area contributed by atoms with E-state index in [1.54, 1.807) is 16.7 Å². The maximum absolute atomic E-state index is 4.13. The number of nitrogens with one attached hydrogen (secondary N) is 1. The molecule has 0 bridgehead atoms. The van der Waals surface area contributed by atoms with Crippen molar-refractivity contribution in [3.8, 4) is 0 Å². The zero-order valence-corrected chi connectivity index (χ0v) is 23.9. The fourth-order valence-corrected chi connectivity index (χ4v) is 15.6. The van der Waals surface area contributed by atoms with Gasteiger partial charge in [0.05, 0.1) is 0 Å². The summed E-state index contributed by atoms with van der Waals surface area (Å²) in [5, 5.41) is 0. The molecule has 1 aliphatic rings. The van der Waals surface area contributed by atoms with Crippen LogP contribution in [0.2, 0.25) is 13.1 Å². The molecule has 0 aromatic rings. The summed E-state index contributed by atoms with van der Waals surface area (Å²) in [6.45, 7) is 17.7. The van der Waals surface area contributed by atoms with E-state index >= 15 is 0 Å². The summed E-state index contributed by atoms with van der Waals surface area (Å²) in [6, 6.07) is 0. The molecule has 5 heteroatoms. The SMILES string of the molecule is CCCCCCCCCCCC[NH][Ti+2]([C]1=C(C)C(C)=C(C)C1C)[SiH](C)C.[Cl-].[Cl-]. The molecule has 0 spiro atoms. The van der Waals surface area contributed by atoms with Crippen molar-refractivity contribution in [2.24, 2.45) is 5.92 Å². The third-order valence-corrected chi connectivity index (χ3v) is 18.2. The van der Waals surface area contributed by atoms with E-state index in [0.29, 0.717) is 0 Å². The molecule has 0 fully saturated rings. The van der Waals surface area contributed by atoms with Gasteiger partial charge in [0.25, 0.3) is 0 Å². The van der Waals surface area contributed by atoms with Gasteiger partial charge in [0.15, 0.2) is 0 Å². The van der Waals surface area contributed by atoms with Crippen LogP contribution in [0.5, 0.6) is 0 Å². The Balaban J connectivity index is 0. The molecule has 1 N–H and O–H groups in total. The molecule has 165 valence electrons. The average molecular weight is 483 g/mol. The third-order valence-electron chi connectivity index (χ3n) is 6.35. The Bertz CT molecular complexity index is 477. The van der Waals surface area contributed by atoms with Crippen LogP contribution in [0.1, 0.15) is 98.8 Å². The standard InChI is InChI=1S/C12H26N.C9H13.C2H7Si.2ClH.Ti/c1-2-3-4-5-6-7-8-9-10-11-12-13;1-6-5-7(2)9(4)8(6)3;1-3-2;;;/h13H,2-12H2,1H3;6H,1-4H3;3H,1-2H3;2*1H;/q-1;;;;;+3/p-2. The van der Waals surface area contributed by atoms with E-state index in [9.17, 15) is 0 Å². The van der Waals surface area contributed by atoms with Crippen LogP contribution in [0.25, 0.3) is 0 Å². The second-order valence-electron chi connectivity index (χ2n) is 8.75. The normalized spacial score (nSPS) is 16.5. The number of allylic oxidation sites excluding steroid dienone is 4. The van der Waals surface area contributed by atoms with Gasteiger partial charge in [-0.1, -0.05) is 6.92 Å². The van der Waals surface area contributed by atoms with Crippen LogP contribution in [0.15, 0.2) is 20.6 Å². The predicted octanol–water partition coefficient (Wildman–Crippen LogP) is 1.28. The first-order valence-corrected chi connectivity index (χ1v) is 18.6. The zero-order chi connectivity index (χ0) is 19.5. The molecule has 0 saturated carbocycles. The van der Waals surface area contributed by atoms with Crippen molar-refractivity contribution in [3.63, 3.8) is 0 Å². The summed E-state index contributed by atoms with van der Waals surface area (Å²) in [6.07, 6.45) is 14.3. The van der Waals surface area contributed by atoms with Gasteiger partial charge in [-0.3, -0.25) is 0 Å². The molecule has 0 heterocycles. The van der Waals surface area contributed by atoms with E-state index < -0.39 is 24.0 Å². The predicted molar refractivity (Wildman–Crippen MR) is 119 cm³/mol. The molecule has 1 aliphatic carbocycles. The van der Waals surface area contributed by atoms with Gasteiger partial charge in [0.1, 0.15) is 0 Å². The molecule has 28 heavy (non-hydrogen) atoms. The molecule has 1 nitrogen and oxygen atoms in total. The summed E-state index contributed by atoms with van der Waals surface area (Å²) in [7, 11) is 0. The van der Waals surface area contributed by atoms with Crippen molar-refractivity contribution in [2.45, 2.75) is 112 Å². The van der Waals surface area contributed by atoms with Crippen molar-refractivity contribution >= 4 is 6.66 Å². The van der Waals surface area contributed by atoms with Crippen molar-refractivity contribution in [3.05, 3.63) is 20.6 Å². The number of hydrogen-bond donors (Lipinski definition) is 1. The van der Waals surface area contributed by atoms with Crippen LogP contribution >= 0.6 is 0 Å². The van der Waals surface area contributed by atoms with Gasteiger partial charge in [-0.15, -0.1) is 0 Å². The summed E-state index contributed by atoms with van der Waals surface area (Å²) in [4.78, 5) is 0. The summed E-state index contributed by atoms with van der Waals surface area (Å²) in [5.41, 5.74) is 4.88. The monoisotopic (exact) mass is 482 g/mol. The van der Waals surface area contributed by atoms with Crippen molar-refractivity contribution < 1.29 is 42.2 Å². The van der Waals surface area contributed by atoms with Gasteiger partial charge < -0.3 is 24.8 Å². The number of halogens is 2. The van der Waals surface area contributed by atoms with E-state index in [4.69, 9.17) is 0 Å². The minimum atomic E-state index is -1.22. The fraction of sp³-hybridized carbons (Fsp3) is 0.826. The van der Waals surface area contributed by atoms with E-state index in [2.05, 4.69) is 51.5 Å². The Morgan fingerprint density at radius 2 is 1.25 bits per heavy atom. The van der Waals surface area contributed by atoms with Crippen molar-refractivity contribution in [2.75, 3.05) is 6.54 Å². The van der Waals surface area contributed by atoms with Gasteiger partial charge >= 0.3 is 166 Å². The molecule has 0 radical (unpaired) electrons. The summed E-state index contributed by atoms with van der Waals surface area (Å²) in [5.74, 6) is 0.722. The van der Waals surface area contributed by atoms with Crippen LogP contribution in [-0.2, 0) is 17.4 Å². The van der Waals surface area contributed by atoms with Crippen LogP contribution in [0.4, 0.5) is 0 Å². The average Bonchev–Trinajstić information content (AvgIpc) is 2.80. The maximum atomic E-state index is 4.13. The number of rotatable bonds is 14. The van der Waals surface area contributed by atoms with Gasteiger partial charge in [0.2, 0.25) is 0 Å². The van der Waals surface area contributed by atoms with Crippen LogP contribution < -0.4 is 28.6 Å². The molecule has 1 rings (SSSR count). The Labute approximate surface area is 196 Å². The smallest absolute Gasteiger partial charge is 1.00 e. The molecular formula is C23H46Cl2NSiTi. The quantitative estimate of drug-likeness (QED) is 0.290. The van der Waals surface area contributed by atoms with E-state index in [1.165, 1.54) is 70.8 Å². The first-order valence-electron chi connectivity index (χ1n) is 11.4. The summed E-state index contributed by atoms with van der Waals surface area (Å²) >= 11 is -1.22. The largest absolute Gasteiger partial charge is 1.00 e. The zero-order valence-electron chi connectivity index (χ0n) is 19.7. The second kappa shape index (κ2) is 17.6. The second-order valence-corrected chi connectivity index (χ2v) is 21.5. The fourth-order valence-electron chi connectivity index (χ4n) is 4.24. The molecule has 0 aromatic heterocycles. The van der Waals surface area contributed by atoms with Crippen molar-refractivity contribution in [1.29, 1.82) is 0 Å². The van der Waals surface area contributed by atoms with Gasteiger partial charge in [-0.2, -0.15) is 0 Å². The van der Waals surface area contributed by atoms with Gasteiger partial charge in [0, 0.05) is 0 Å². The van der Waals surface area contributed by atoms with Crippen LogP contribution in [0, 0.1) is 5.92 Å². The van der Waals surface area contributed by atoms with Crippen LogP contribution in [-0.4, -0.2) is 13.2 Å². The minimum Gasteiger partial charge on any atom is -1.00 e. The Kier molecular flexibility index (Phi) is 19.6. The van der Waals surface area contributed by atoms with E-state index in [1.807, 2.05) is 3.88 Å². The Hall–Kier alpha value is 0.951. The number of hydrogen-bond acceptors (Lipinski definition) is 1. The van der Waals surface area contributed by atoms with Crippen molar-refractivity contribution in [1.82, 2.24) is 3.80 Å². The molecule has 0 amide bonds. The van der Waals surface area contributed by atoms with E-state index in [0.717, 1.165) is 5.92 Å². The summed E-state index contributed by atoms with van der Waals surface area (Å²) < 4.78 is 6.02. The topological polar surface area (TPSA) is 12.0 Å². The van der Waals surface area contributed by atoms with E-state index in [-0.39, 0.29) is 24.8 Å². The number of unbranched alkanes of at least 4 members (excludes halogenated alkanes) is 9. The molecule has 0 aromatic carbocycles. The first kappa shape index (κ1) is 31.1. The molecule has 1 unspecified atom stereocenters. The minimum absolute atomic E-state index is 0. The van der Waals surface area contributed by atoms with Crippen LogP contribution in [0.3, 0.4) is 0 Å². The third kappa shape index (κ3) is 10.3.